The largest absolute Gasteiger partial charge is 0.396 e. The lowest BCUT2D eigenvalue weighted by Gasteiger charge is -2.36. The number of aliphatic hydroxyl groups is 1. The van der Waals surface area contributed by atoms with E-state index in [1.165, 1.54) is 23.3 Å². The van der Waals surface area contributed by atoms with Crippen LogP contribution < -0.4 is 0 Å². The number of carbonyl (C=O) groups excluding carboxylic acids is 1. The van der Waals surface area contributed by atoms with E-state index in [4.69, 9.17) is 4.74 Å². The first-order chi connectivity index (χ1) is 10.7. The van der Waals surface area contributed by atoms with Crippen LogP contribution in [0.5, 0.6) is 0 Å². The Morgan fingerprint density at radius 1 is 1.45 bits per heavy atom. The van der Waals surface area contributed by atoms with E-state index in [1.54, 1.807) is 11.3 Å². The molecule has 2 atom stereocenters. The van der Waals surface area contributed by atoms with Crippen molar-refractivity contribution in [1.82, 2.24) is 4.90 Å². The van der Waals surface area contributed by atoms with E-state index >= 15 is 0 Å². The van der Waals surface area contributed by atoms with Crippen molar-refractivity contribution in [2.24, 2.45) is 11.3 Å². The van der Waals surface area contributed by atoms with Gasteiger partial charge in [0.05, 0.1) is 18.8 Å². The lowest BCUT2D eigenvalue weighted by molar-refractivity contribution is -0.0415. The van der Waals surface area contributed by atoms with Crippen molar-refractivity contribution >= 4 is 17.2 Å². The van der Waals surface area contributed by atoms with Gasteiger partial charge < -0.3 is 14.7 Å². The number of likely N-dealkylation sites (tertiary alicyclic amines) is 1. The zero-order valence-corrected chi connectivity index (χ0v) is 13.7. The first kappa shape index (κ1) is 14.7. The van der Waals surface area contributed by atoms with Gasteiger partial charge in [-0.3, -0.25) is 4.79 Å². The molecule has 0 spiro atoms. The number of hydrogen-bond donors (Lipinski definition) is 1. The van der Waals surface area contributed by atoms with E-state index in [9.17, 15) is 9.90 Å². The van der Waals surface area contributed by atoms with Crippen molar-refractivity contribution in [3.05, 3.63) is 21.4 Å². The summed E-state index contributed by atoms with van der Waals surface area (Å²) in [6.07, 6.45) is 5.48. The number of amides is 1. The average molecular weight is 321 g/mol. The van der Waals surface area contributed by atoms with Crippen molar-refractivity contribution in [2.45, 2.75) is 32.1 Å². The molecular formula is C17H23NO3S. The van der Waals surface area contributed by atoms with E-state index in [1.807, 2.05) is 4.90 Å². The first-order valence-electron chi connectivity index (χ1n) is 8.31. The monoisotopic (exact) mass is 321 g/mol. The third kappa shape index (κ3) is 2.22. The van der Waals surface area contributed by atoms with Crippen LogP contribution in [-0.2, 0) is 17.6 Å². The molecule has 1 amide bonds. The van der Waals surface area contributed by atoms with Gasteiger partial charge in [-0.25, -0.2) is 0 Å². The predicted molar refractivity (Wildman–Crippen MR) is 85.3 cm³/mol. The molecule has 1 aromatic heterocycles. The summed E-state index contributed by atoms with van der Waals surface area (Å²) in [6.45, 7) is 2.94. The quantitative estimate of drug-likeness (QED) is 0.907. The highest BCUT2D eigenvalue weighted by atomic mass is 32.1. The molecule has 120 valence electrons. The molecule has 0 aromatic carbocycles. The van der Waals surface area contributed by atoms with Crippen molar-refractivity contribution in [2.75, 3.05) is 32.9 Å². The number of hydrogen-bond acceptors (Lipinski definition) is 4. The number of rotatable bonds is 2. The van der Waals surface area contributed by atoms with Gasteiger partial charge in [-0.05, 0) is 37.7 Å². The van der Waals surface area contributed by atoms with Crippen molar-refractivity contribution in [3.63, 3.8) is 0 Å². The number of aliphatic hydroxyl groups excluding tert-OH is 1. The van der Waals surface area contributed by atoms with Crippen LogP contribution in [0, 0.1) is 11.3 Å². The molecule has 0 saturated carbocycles. The normalized spacial score (nSPS) is 31.0. The topological polar surface area (TPSA) is 49.8 Å². The van der Waals surface area contributed by atoms with Crippen LogP contribution in [0.3, 0.4) is 0 Å². The van der Waals surface area contributed by atoms with E-state index in [2.05, 4.69) is 5.38 Å². The fraction of sp³-hybridized carbons (Fsp3) is 0.706. The summed E-state index contributed by atoms with van der Waals surface area (Å²) in [4.78, 5) is 16.4. The average Bonchev–Trinajstić information content (AvgIpc) is 3.16. The summed E-state index contributed by atoms with van der Waals surface area (Å²) in [5.74, 6) is 0.450. The van der Waals surface area contributed by atoms with Gasteiger partial charge in [0.2, 0.25) is 0 Å². The Balaban J connectivity index is 1.58. The van der Waals surface area contributed by atoms with E-state index < -0.39 is 0 Å². The summed E-state index contributed by atoms with van der Waals surface area (Å²) in [5.41, 5.74) is 2.09. The van der Waals surface area contributed by atoms with Gasteiger partial charge in [0, 0.05) is 41.3 Å². The van der Waals surface area contributed by atoms with E-state index in [0.29, 0.717) is 19.8 Å². The second-order valence-corrected chi connectivity index (χ2v) is 7.95. The minimum Gasteiger partial charge on any atom is -0.396 e. The molecule has 4 rings (SSSR count). The van der Waals surface area contributed by atoms with Gasteiger partial charge in [-0.15, -0.1) is 11.3 Å². The third-order valence-electron chi connectivity index (χ3n) is 5.77. The highest BCUT2D eigenvalue weighted by Gasteiger charge is 2.49. The van der Waals surface area contributed by atoms with Gasteiger partial charge in [-0.1, -0.05) is 0 Å². The summed E-state index contributed by atoms with van der Waals surface area (Å²) >= 11 is 1.75. The van der Waals surface area contributed by atoms with Crippen molar-refractivity contribution in [3.8, 4) is 0 Å². The van der Waals surface area contributed by atoms with Gasteiger partial charge in [0.25, 0.3) is 5.91 Å². The second-order valence-electron chi connectivity index (χ2n) is 6.99. The molecule has 1 aliphatic carbocycles. The third-order valence-corrected chi connectivity index (χ3v) is 6.86. The van der Waals surface area contributed by atoms with Gasteiger partial charge >= 0.3 is 0 Å². The highest BCUT2D eigenvalue weighted by Crippen LogP contribution is 2.42. The summed E-state index contributed by atoms with van der Waals surface area (Å²) < 4.78 is 5.57. The van der Waals surface area contributed by atoms with Crippen LogP contribution in [0.4, 0.5) is 0 Å². The van der Waals surface area contributed by atoms with Crippen LogP contribution in [0.2, 0.25) is 0 Å². The minimum absolute atomic E-state index is 0.135. The summed E-state index contributed by atoms with van der Waals surface area (Å²) in [5, 5.41) is 11.9. The van der Waals surface area contributed by atoms with Crippen molar-refractivity contribution in [1.29, 1.82) is 0 Å². The summed E-state index contributed by atoms with van der Waals surface area (Å²) in [7, 11) is 0. The number of aryl methyl sites for hydroxylation is 1. The molecule has 2 aliphatic heterocycles. The fourth-order valence-corrected chi connectivity index (χ4v) is 5.42. The van der Waals surface area contributed by atoms with E-state index in [-0.39, 0.29) is 23.8 Å². The maximum absolute atomic E-state index is 13.0. The number of ether oxygens (including phenoxy) is 1. The Labute approximate surface area is 135 Å². The molecule has 4 nitrogen and oxygen atoms in total. The molecule has 0 unspecified atom stereocenters. The maximum atomic E-state index is 13.0. The molecule has 1 N–H and O–H groups in total. The number of carbonyl (C=O) groups is 1. The lowest BCUT2D eigenvalue weighted by Crippen LogP contribution is -2.41. The molecule has 2 fully saturated rings. The molecule has 5 heteroatoms. The van der Waals surface area contributed by atoms with Crippen LogP contribution in [0.15, 0.2) is 5.38 Å². The Morgan fingerprint density at radius 2 is 2.32 bits per heavy atom. The molecule has 2 saturated heterocycles. The minimum atomic E-state index is -0.135. The van der Waals surface area contributed by atoms with Crippen LogP contribution in [0.1, 0.15) is 40.1 Å². The number of fused-ring (bicyclic) bond motifs is 2. The Morgan fingerprint density at radius 3 is 3.14 bits per heavy atom. The Hall–Kier alpha value is -0.910. The Bertz CT molecular complexity index is 584. The highest BCUT2D eigenvalue weighted by molar-refractivity contribution is 7.10. The Kier molecular flexibility index (Phi) is 3.75. The van der Waals surface area contributed by atoms with Crippen LogP contribution >= 0.6 is 11.3 Å². The van der Waals surface area contributed by atoms with Crippen LogP contribution in [0.25, 0.3) is 0 Å². The van der Waals surface area contributed by atoms with Crippen molar-refractivity contribution < 1.29 is 14.6 Å². The maximum Gasteiger partial charge on any atom is 0.255 e. The molecule has 0 radical (unpaired) electrons. The second kappa shape index (κ2) is 5.62. The summed E-state index contributed by atoms with van der Waals surface area (Å²) in [6, 6.07) is 0. The molecule has 3 aliphatic rings. The zero-order chi connectivity index (χ0) is 15.2. The van der Waals surface area contributed by atoms with Gasteiger partial charge in [0.15, 0.2) is 0 Å². The van der Waals surface area contributed by atoms with Gasteiger partial charge in [0.1, 0.15) is 0 Å². The fourth-order valence-electron chi connectivity index (χ4n) is 4.30. The molecule has 0 bridgehead atoms. The standard InChI is InChI=1S/C17H23NO3S/c19-11-17-5-6-21-8-12(17)7-18(10-17)16(20)14-9-22-15-4-2-1-3-13(14)15/h9,12,19H,1-8,10-11H2/t12-,17-/m1/s1. The SMILES string of the molecule is O=C(c1csc2c1CCCC2)N1C[C@@H]2COCC[C@]2(CO)C1. The number of nitrogens with zero attached hydrogens (tertiary/aromatic N) is 1. The predicted octanol–water partition coefficient (Wildman–Crippen LogP) is 2.10. The van der Waals surface area contributed by atoms with E-state index in [0.717, 1.165) is 31.4 Å². The molecular weight excluding hydrogens is 298 g/mol. The lowest BCUT2D eigenvalue weighted by atomic mass is 9.75. The number of thiophene rings is 1. The molecule has 22 heavy (non-hydrogen) atoms. The first-order valence-corrected chi connectivity index (χ1v) is 9.18. The molecule has 1 aromatic rings. The van der Waals surface area contributed by atoms with Crippen LogP contribution in [-0.4, -0.2) is 48.8 Å². The smallest absolute Gasteiger partial charge is 0.255 e. The molecule has 3 heterocycles. The van der Waals surface area contributed by atoms with Gasteiger partial charge in [-0.2, -0.15) is 0 Å². The zero-order valence-electron chi connectivity index (χ0n) is 12.8.